The molecule has 0 bridgehead atoms. The van der Waals surface area contributed by atoms with Crippen molar-refractivity contribution < 1.29 is 23.8 Å². The lowest BCUT2D eigenvalue weighted by Gasteiger charge is -2.26. The minimum absolute atomic E-state index is 0. The molecule has 0 aromatic heterocycles. The summed E-state index contributed by atoms with van der Waals surface area (Å²) < 4.78 is 27.8. The summed E-state index contributed by atoms with van der Waals surface area (Å²) in [6.45, 7) is 2.68. The smallest absolute Gasteiger partial charge is 0.323 e. The fourth-order valence-electron chi connectivity index (χ4n) is 2.90. The summed E-state index contributed by atoms with van der Waals surface area (Å²) in [7, 11) is 0. The monoisotopic (exact) mass is 372 g/mol. The SMILES string of the molecule is CC(C)CC(=O)NCC(F)(F)C(=O)C(N)CC1CCCCC1.Cl.O. The van der Waals surface area contributed by atoms with Gasteiger partial charge in [0.25, 0.3) is 0 Å². The number of hydrogen-bond acceptors (Lipinski definition) is 3. The molecule has 0 aliphatic heterocycles. The Morgan fingerprint density at radius 2 is 1.75 bits per heavy atom. The number of alkyl halides is 2. The summed E-state index contributed by atoms with van der Waals surface area (Å²) in [5.74, 6) is -4.98. The Bertz CT molecular complexity index is 390. The molecular weight excluding hydrogens is 342 g/mol. The van der Waals surface area contributed by atoms with Crippen molar-refractivity contribution in [2.45, 2.75) is 70.8 Å². The van der Waals surface area contributed by atoms with E-state index in [2.05, 4.69) is 5.32 Å². The van der Waals surface area contributed by atoms with Gasteiger partial charge in [0, 0.05) is 6.42 Å². The third kappa shape index (κ3) is 8.89. The van der Waals surface area contributed by atoms with Gasteiger partial charge in [-0.2, -0.15) is 8.78 Å². The lowest BCUT2D eigenvalue weighted by molar-refractivity contribution is -0.145. The molecule has 1 aliphatic carbocycles. The molecule has 1 fully saturated rings. The van der Waals surface area contributed by atoms with E-state index in [9.17, 15) is 18.4 Å². The molecule has 0 radical (unpaired) electrons. The Morgan fingerprint density at radius 3 is 2.25 bits per heavy atom. The maximum atomic E-state index is 13.9. The summed E-state index contributed by atoms with van der Waals surface area (Å²) in [6, 6.07) is -1.15. The Balaban J connectivity index is 0. The van der Waals surface area contributed by atoms with Gasteiger partial charge in [-0.15, -0.1) is 12.4 Å². The Hall–Kier alpha value is -0.790. The minimum Gasteiger partial charge on any atom is -0.412 e. The van der Waals surface area contributed by atoms with Gasteiger partial charge in [-0.1, -0.05) is 46.0 Å². The molecule has 1 rings (SSSR count). The molecule has 0 aromatic carbocycles. The second-order valence-electron chi connectivity index (χ2n) is 6.79. The van der Waals surface area contributed by atoms with Crippen molar-refractivity contribution in [3.63, 3.8) is 0 Å². The van der Waals surface area contributed by atoms with E-state index in [4.69, 9.17) is 5.73 Å². The molecule has 1 atom stereocenters. The van der Waals surface area contributed by atoms with Gasteiger partial charge < -0.3 is 16.5 Å². The number of amides is 1. The normalized spacial score (nSPS) is 16.8. The minimum atomic E-state index is -3.60. The molecule has 5 N–H and O–H groups in total. The first kappa shape index (κ1) is 25.5. The summed E-state index contributed by atoms with van der Waals surface area (Å²) in [5.41, 5.74) is 5.68. The van der Waals surface area contributed by atoms with Crippen molar-refractivity contribution in [2.75, 3.05) is 6.54 Å². The van der Waals surface area contributed by atoms with Crippen LogP contribution >= 0.6 is 12.4 Å². The van der Waals surface area contributed by atoms with Crippen LogP contribution in [0.4, 0.5) is 8.78 Å². The maximum absolute atomic E-state index is 13.9. The highest BCUT2D eigenvalue weighted by Crippen LogP contribution is 2.28. The Labute approximate surface area is 148 Å². The molecule has 0 heterocycles. The highest BCUT2D eigenvalue weighted by Gasteiger charge is 2.42. The maximum Gasteiger partial charge on any atom is 0.323 e. The van der Waals surface area contributed by atoms with E-state index in [0.29, 0.717) is 6.42 Å². The summed E-state index contributed by atoms with van der Waals surface area (Å²) in [6.07, 6.45) is 5.71. The molecular formula is C16H31ClF2N2O3. The molecule has 1 unspecified atom stereocenters. The fraction of sp³-hybridized carbons (Fsp3) is 0.875. The first-order valence-electron chi connectivity index (χ1n) is 8.16. The van der Waals surface area contributed by atoms with Gasteiger partial charge >= 0.3 is 5.92 Å². The second kappa shape index (κ2) is 11.7. The largest absolute Gasteiger partial charge is 0.412 e. The Morgan fingerprint density at radius 1 is 1.21 bits per heavy atom. The molecule has 0 saturated heterocycles. The van der Waals surface area contributed by atoms with Crippen LogP contribution in [0, 0.1) is 11.8 Å². The van der Waals surface area contributed by atoms with Crippen molar-refractivity contribution in [2.24, 2.45) is 17.6 Å². The molecule has 0 spiro atoms. The van der Waals surface area contributed by atoms with E-state index in [1.54, 1.807) is 0 Å². The van der Waals surface area contributed by atoms with Gasteiger partial charge in [-0.25, -0.2) is 0 Å². The van der Waals surface area contributed by atoms with Crippen LogP contribution in [-0.2, 0) is 9.59 Å². The van der Waals surface area contributed by atoms with Crippen molar-refractivity contribution in [1.82, 2.24) is 5.32 Å². The molecule has 1 aliphatic rings. The summed E-state index contributed by atoms with van der Waals surface area (Å²) in [5, 5.41) is 2.13. The number of carbonyl (C=O) groups is 2. The number of carbonyl (C=O) groups excluding carboxylic acids is 2. The predicted molar refractivity (Wildman–Crippen MR) is 92.4 cm³/mol. The summed E-state index contributed by atoms with van der Waals surface area (Å²) in [4.78, 5) is 23.3. The molecule has 1 amide bonds. The van der Waals surface area contributed by atoms with E-state index in [1.165, 1.54) is 0 Å². The molecule has 8 heteroatoms. The molecule has 5 nitrogen and oxygen atoms in total. The third-order valence-corrected chi connectivity index (χ3v) is 4.11. The topological polar surface area (TPSA) is 104 Å². The van der Waals surface area contributed by atoms with Crippen molar-refractivity contribution >= 4 is 24.1 Å². The van der Waals surface area contributed by atoms with Crippen LogP contribution in [0.15, 0.2) is 0 Å². The zero-order chi connectivity index (χ0) is 16.8. The van der Waals surface area contributed by atoms with Crippen LogP contribution in [-0.4, -0.2) is 35.7 Å². The third-order valence-electron chi connectivity index (χ3n) is 4.11. The van der Waals surface area contributed by atoms with Gasteiger partial charge in [0.1, 0.15) is 0 Å². The molecule has 144 valence electrons. The van der Waals surface area contributed by atoms with Crippen LogP contribution in [0.1, 0.15) is 58.8 Å². The van der Waals surface area contributed by atoms with Crippen LogP contribution in [0.5, 0.6) is 0 Å². The number of halogens is 3. The average Bonchev–Trinajstić information content (AvgIpc) is 2.45. The summed E-state index contributed by atoms with van der Waals surface area (Å²) >= 11 is 0. The van der Waals surface area contributed by atoms with E-state index in [1.807, 2.05) is 13.8 Å². The van der Waals surface area contributed by atoms with Crippen LogP contribution in [0.25, 0.3) is 0 Å². The number of nitrogens with two attached hydrogens (primary N) is 1. The number of rotatable bonds is 8. The van der Waals surface area contributed by atoms with Gasteiger partial charge in [0.05, 0.1) is 12.6 Å². The number of nitrogens with one attached hydrogen (secondary N) is 1. The first-order chi connectivity index (χ1) is 10.2. The van der Waals surface area contributed by atoms with Gasteiger partial charge in [0.2, 0.25) is 11.7 Å². The van der Waals surface area contributed by atoms with Gasteiger partial charge in [0.15, 0.2) is 0 Å². The van der Waals surface area contributed by atoms with Crippen molar-refractivity contribution in [3.8, 4) is 0 Å². The lowest BCUT2D eigenvalue weighted by Crippen LogP contribution is -2.50. The van der Waals surface area contributed by atoms with E-state index >= 15 is 0 Å². The van der Waals surface area contributed by atoms with Crippen molar-refractivity contribution in [1.29, 1.82) is 0 Å². The highest BCUT2D eigenvalue weighted by molar-refractivity contribution is 5.91. The molecule has 24 heavy (non-hydrogen) atoms. The lowest BCUT2D eigenvalue weighted by atomic mass is 9.83. The predicted octanol–water partition coefficient (Wildman–Crippen LogP) is 2.25. The molecule has 1 saturated carbocycles. The van der Waals surface area contributed by atoms with E-state index < -0.39 is 30.2 Å². The Kier molecular flexibility index (Phi) is 12.4. The van der Waals surface area contributed by atoms with Crippen LogP contribution in [0.3, 0.4) is 0 Å². The number of Topliss-reactive ketones (excluding diaryl/α,β-unsaturated/α-hetero) is 1. The van der Waals surface area contributed by atoms with Gasteiger partial charge in [-0.3, -0.25) is 9.59 Å². The van der Waals surface area contributed by atoms with Crippen molar-refractivity contribution in [3.05, 3.63) is 0 Å². The second-order valence-corrected chi connectivity index (χ2v) is 6.79. The average molecular weight is 373 g/mol. The van der Waals surface area contributed by atoms with Crippen LogP contribution < -0.4 is 11.1 Å². The standard InChI is InChI=1S/C16H28F2N2O2.ClH.H2O/c1-11(2)8-14(21)20-10-16(17,18)15(22)13(19)9-12-6-4-3-5-7-12;;/h11-13H,3-10,19H2,1-2H3,(H,20,21);1H;1H2. The van der Waals surface area contributed by atoms with Crippen LogP contribution in [0.2, 0.25) is 0 Å². The zero-order valence-electron chi connectivity index (χ0n) is 14.4. The fourth-order valence-corrected chi connectivity index (χ4v) is 2.90. The number of ketones is 1. The first-order valence-corrected chi connectivity index (χ1v) is 8.16. The zero-order valence-corrected chi connectivity index (χ0v) is 15.3. The highest BCUT2D eigenvalue weighted by atomic mass is 35.5. The van der Waals surface area contributed by atoms with E-state index in [0.717, 1.165) is 32.1 Å². The molecule has 0 aromatic rings. The van der Waals surface area contributed by atoms with E-state index in [-0.39, 0.29) is 36.1 Å². The number of hydrogen-bond donors (Lipinski definition) is 2. The van der Waals surface area contributed by atoms with Gasteiger partial charge in [-0.05, 0) is 18.3 Å². The quantitative estimate of drug-likeness (QED) is 0.682.